The zero-order chi connectivity index (χ0) is 18.0. The van der Waals surface area contributed by atoms with Crippen LogP contribution in [0, 0.1) is 13.8 Å². The molecule has 1 saturated heterocycles. The summed E-state index contributed by atoms with van der Waals surface area (Å²) in [6.45, 7) is 6.27. The molecule has 0 saturated carbocycles. The van der Waals surface area contributed by atoms with Gasteiger partial charge in [-0.3, -0.25) is 14.4 Å². The van der Waals surface area contributed by atoms with Crippen molar-refractivity contribution in [2.24, 2.45) is 0 Å². The number of amides is 2. The molecule has 0 bridgehead atoms. The second kappa shape index (κ2) is 7.09. The molecule has 3 rings (SSSR count). The van der Waals surface area contributed by atoms with Crippen LogP contribution in [0.5, 0.6) is 0 Å². The van der Waals surface area contributed by atoms with E-state index in [0.29, 0.717) is 44.6 Å². The molecule has 2 heterocycles. The number of hydrogen-bond acceptors (Lipinski definition) is 3. The highest BCUT2D eigenvalue weighted by Crippen LogP contribution is 2.18. The average Bonchev–Trinajstić information content (AvgIpc) is 2.60. The first-order valence-electron chi connectivity index (χ1n) is 8.58. The van der Waals surface area contributed by atoms with Crippen molar-refractivity contribution in [3.8, 4) is 0 Å². The van der Waals surface area contributed by atoms with Crippen molar-refractivity contribution in [3.05, 3.63) is 45.2 Å². The van der Waals surface area contributed by atoms with Crippen molar-refractivity contribution in [1.82, 2.24) is 14.8 Å². The van der Waals surface area contributed by atoms with Crippen LogP contribution >= 0.6 is 0 Å². The number of nitrogens with one attached hydrogen (secondary N) is 1. The molecule has 0 aliphatic carbocycles. The first-order chi connectivity index (χ1) is 12.0. The molecule has 25 heavy (non-hydrogen) atoms. The van der Waals surface area contributed by atoms with Crippen LogP contribution in [0.15, 0.2) is 23.0 Å². The van der Waals surface area contributed by atoms with E-state index in [1.54, 1.807) is 9.80 Å². The van der Waals surface area contributed by atoms with Crippen LogP contribution in [-0.4, -0.2) is 53.3 Å². The second-order valence-electron chi connectivity index (χ2n) is 6.69. The Kier molecular flexibility index (Phi) is 4.88. The van der Waals surface area contributed by atoms with Gasteiger partial charge in [0.05, 0.1) is 5.52 Å². The number of carbonyl (C=O) groups excluding carboxylic acids is 2. The number of fused-ring (bicyclic) bond motifs is 1. The Hall–Kier alpha value is -2.63. The molecule has 6 nitrogen and oxygen atoms in total. The number of carbonyl (C=O) groups is 2. The Morgan fingerprint density at radius 3 is 2.56 bits per heavy atom. The van der Waals surface area contributed by atoms with Gasteiger partial charge in [0.2, 0.25) is 12.3 Å². The molecule has 2 amide bonds. The third kappa shape index (κ3) is 3.73. The zero-order valence-electron chi connectivity index (χ0n) is 14.7. The molecule has 132 valence electrons. The van der Waals surface area contributed by atoms with Crippen molar-refractivity contribution in [2.75, 3.05) is 26.2 Å². The number of rotatable bonds is 4. The predicted molar refractivity (Wildman–Crippen MR) is 96.6 cm³/mol. The Morgan fingerprint density at radius 2 is 1.88 bits per heavy atom. The normalized spacial score (nSPS) is 14.8. The van der Waals surface area contributed by atoms with E-state index in [9.17, 15) is 14.4 Å². The fraction of sp³-hybridized carbons (Fsp3) is 0.421. The van der Waals surface area contributed by atoms with Crippen LogP contribution in [0.1, 0.15) is 23.1 Å². The van der Waals surface area contributed by atoms with Crippen LogP contribution in [0.4, 0.5) is 0 Å². The minimum Gasteiger partial charge on any atom is -0.342 e. The molecular weight excluding hydrogens is 318 g/mol. The van der Waals surface area contributed by atoms with Gasteiger partial charge < -0.3 is 14.8 Å². The molecule has 1 fully saturated rings. The molecule has 0 atom stereocenters. The fourth-order valence-corrected chi connectivity index (χ4v) is 3.39. The summed E-state index contributed by atoms with van der Waals surface area (Å²) < 4.78 is 0. The van der Waals surface area contributed by atoms with Gasteiger partial charge in [-0.15, -0.1) is 0 Å². The lowest BCUT2D eigenvalue weighted by Crippen LogP contribution is -2.48. The predicted octanol–water partition coefficient (Wildman–Crippen LogP) is 1.38. The monoisotopic (exact) mass is 341 g/mol. The Labute approximate surface area is 146 Å². The maximum atomic E-state index is 12.4. The average molecular weight is 341 g/mol. The SMILES string of the molecule is Cc1cc(C)c2[nH]c(=O)c(CCC(=O)N3CCN(C=O)CC3)cc2c1. The van der Waals surface area contributed by atoms with E-state index in [1.165, 1.54) is 0 Å². The minimum absolute atomic E-state index is 0.0328. The number of aromatic amines is 1. The fourth-order valence-electron chi connectivity index (χ4n) is 3.39. The summed E-state index contributed by atoms with van der Waals surface area (Å²) >= 11 is 0. The summed E-state index contributed by atoms with van der Waals surface area (Å²) in [5.41, 5.74) is 3.56. The number of aromatic nitrogens is 1. The van der Waals surface area contributed by atoms with Crippen LogP contribution in [0.25, 0.3) is 10.9 Å². The summed E-state index contributed by atoms with van der Waals surface area (Å²) in [6, 6.07) is 5.98. The number of H-pyrrole nitrogens is 1. The quantitative estimate of drug-likeness (QED) is 0.854. The summed E-state index contributed by atoms with van der Waals surface area (Å²) in [5, 5.41) is 0.999. The van der Waals surface area contributed by atoms with Gasteiger partial charge in [0.25, 0.3) is 5.56 Å². The van der Waals surface area contributed by atoms with Crippen molar-refractivity contribution in [2.45, 2.75) is 26.7 Å². The molecule has 1 aliphatic heterocycles. The third-order valence-electron chi connectivity index (χ3n) is 4.79. The maximum Gasteiger partial charge on any atom is 0.251 e. The van der Waals surface area contributed by atoms with Crippen molar-refractivity contribution >= 4 is 23.2 Å². The number of nitrogens with zero attached hydrogens (tertiary/aromatic N) is 2. The van der Waals surface area contributed by atoms with Gasteiger partial charge in [0, 0.05) is 38.2 Å². The lowest BCUT2D eigenvalue weighted by Gasteiger charge is -2.32. The van der Waals surface area contributed by atoms with E-state index in [0.717, 1.165) is 28.4 Å². The van der Waals surface area contributed by atoms with Gasteiger partial charge >= 0.3 is 0 Å². The molecule has 0 radical (unpaired) electrons. The number of benzene rings is 1. The van der Waals surface area contributed by atoms with Gasteiger partial charge in [0.15, 0.2) is 0 Å². The van der Waals surface area contributed by atoms with Crippen LogP contribution in [0.2, 0.25) is 0 Å². The molecule has 1 N–H and O–H groups in total. The zero-order valence-corrected chi connectivity index (χ0v) is 14.7. The van der Waals surface area contributed by atoms with E-state index >= 15 is 0 Å². The largest absolute Gasteiger partial charge is 0.342 e. The molecule has 0 unspecified atom stereocenters. The van der Waals surface area contributed by atoms with Crippen LogP contribution < -0.4 is 5.56 Å². The lowest BCUT2D eigenvalue weighted by atomic mass is 10.0. The highest BCUT2D eigenvalue weighted by Gasteiger charge is 2.20. The number of aryl methyl sites for hydroxylation is 3. The molecular formula is C19H23N3O3. The standard InChI is InChI=1S/C19H23N3O3/c1-13-9-14(2)18-16(10-13)11-15(19(25)20-18)3-4-17(24)22-7-5-21(12-23)6-8-22/h9-12H,3-8H2,1-2H3,(H,20,25). The van der Waals surface area contributed by atoms with Gasteiger partial charge in [0.1, 0.15) is 0 Å². The molecule has 0 spiro atoms. The van der Waals surface area contributed by atoms with Crippen molar-refractivity contribution in [1.29, 1.82) is 0 Å². The van der Waals surface area contributed by atoms with Crippen molar-refractivity contribution < 1.29 is 9.59 Å². The number of piperazine rings is 1. The van der Waals surface area contributed by atoms with E-state index < -0.39 is 0 Å². The Bertz CT molecular complexity index is 864. The van der Waals surface area contributed by atoms with Gasteiger partial charge in [-0.05, 0) is 43.4 Å². The number of pyridine rings is 1. The Morgan fingerprint density at radius 1 is 1.16 bits per heavy atom. The Balaban J connectivity index is 1.71. The highest BCUT2D eigenvalue weighted by molar-refractivity contribution is 5.83. The summed E-state index contributed by atoms with van der Waals surface area (Å²) in [6.07, 6.45) is 1.55. The van der Waals surface area contributed by atoms with Crippen LogP contribution in [-0.2, 0) is 16.0 Å². The smallest absolute Gasteiger partial charge is 0.251 e. The summed E-state index contributed by atoms with van der Waals surface area (Å²) in [7, 11) is 0. The minimum atomic E-state index is -0.127. The van der Waals surface area contributed by atoms with Gasteiger partial charge in [-0.2, -0.15) is 0 Å². The van der Waals surface area contributed by atoms with E-state index in [4.69, 9.17) is 0 Å². The first-order valence-corrected chi connectivity index (χ1v) is 8.58. The topological polar surface area (TPSA) is 73.5 Å². The lowest BCUT2D eigenvalue weighted by molar-refractivity contribution is -0.135. The van der Waals surface area contributed by atoms with E-state index in [-0.39, 0.29) is 11.5 Å². The summed E-state index contributed by atoms with van der Waals surface area (Å²) in [5.74, 6) is 0.0328. The number of hydrogen-bond donors (Lipinski definition) is 1. The van der Waals surface area contributed by atoms with Gasteiger partial charge in [-0.1, -0.05) is 11.6 Å². The van der Waals surface area contributed by atoms with E-state index in [2.05, 4.69) is 4.98 Å². The highest BCUT2D eigenvalue weighted by atomic mass is 16.2. The van der Waals surface area contributed by atoms with E-state index in [1.807, 2.05) is 32.0 Å². The second-order valence-corrected chi connectivity index (χ2v) is 6.69. The van der Waals surface area contributed by atoms with Gasteiger partial charge in [-0.25, -0.2) is 0 Å². The molecule has 1 aliphatic rings. The molecule has 2 aromatic rings. The first kappa shape index (κ1) is 17.2. The van der Waals surface area contributed by atoms with Crippen molar-refractivity contribution in [3.63, 3.8) is 0 Å². The molecule has 1 aromatic carbocycles. The molecule has 6 heteroatoms. The third-order valence-corrected chi connectivity index (χ3v) is 4.79. The maximum absolute atomic E-state index is 12.4. The summed E-state index contributed by atoms with van der Waals surface area (Å²) in [4.78, 5) is 41.8. The molecule has 1 aromatic heterocycles. The van der Waals surface area contributed by atoms with Crippen LogP contribution in [0.3, 0.4) is 0 Å².